The Morgan fingerprint density at radius 1 is 1.16 bits per heavy atom. The summed E-state index contributed by atoms with van der Waals surface area (Å²) in [6.07, 6.45) is 2.20. The van der Waals surface area contributed by atoms with Gasteiger partial charge in [0.05, 0.1) is 12.9 Å². The second kappa shape index (κ2) is 10.3. The number of rotatable bonds is 10. The van der Waals surface area contributed by atoms with Gasteiger partial charge in [0.2, 0.25) is 0 Å². The topological polar surface area (TPSA) is 114 Å². The number of furan rings is 1. The van der Waals surface area contributed by atoms with E-state index in [4.69, 9.17) is 9.15 Å². The van der Waals surface area contributed by atoms with Gasteiger partial charge in [0.15, 0.2) is 5.76 Å². The lowest BCUT2D eigenvalue weighted by molar-refractivity contribution is -0.139. The van der Waals surface area contributed by atoms with Gasteiger partial charge in [-0.25, -0.2) is 9.78 Å². The van der Waals surface area contributed by atoms with Crippen molar-refractivity contribution in [3.05, 3.63) is 77.4 Å². The van der Waals surface area contributed by atoms with Crippen LogP contribution >= 0.6 is 0 Å². The monoisotopic (exact) mass is 423 g/mol. The molecule has 0 aliphatic carbocycles. The number of benzene rings is 1. The Labute approximate surface area is 180 Å². The maximum Gasteiger partial charge on any atom is 0.326 e. The van der Waals surface area contributed by atoms with Crippen molar-refractivity contribution >= 4 is 17.7 Å². The van der Waals surface area contributed by atoms with E-state index in [-0.39, 0.29) is 12.2 Å². The number of carboxylic acids is 1. The van der Waals surface area contributed by atoms with Gasteiger partial charge in [-0.3, -0.25) is 4.79 Å². The van der Waals surface area contributed by atoms with Crippen LogP contribution in [0.2, 0.25) is 0 Å². The molecule has 31 heavy (non-hydrogen) atoms. The molecular formula is C23H25N3O5. The highest BCUT2D eigenvalue weighted by Crippen LogP contribution is 2.15. The van der Waals surface area contributed by atoms with Crippen molar-refractivity contribution in [3.8, 4) is 5.75 Å². The highest BCUT2D eigenvalue weighted by atomic mass is 16.5. The number of pyridine rings is 1. The molecular weight excluding hydrogens is 398 g/mol. The number of amides is 1. The minimum absolute atomic E-state index is 0.116. The summed E-state index contributed by atoms with van der Waals surface area (Å²) in [5.41, 5.74) is 2.34. The van der Waals surface area contributed by atoms with Crippen molar-refractivity contribution in [2.45, 2.75) is 25.8 Å². The summed E-state index contributed by atoms with van der Waals surface area (Å²) in [5.74, 6) is -0.0653. The molecule has 1 amide bonds. The molecule has 0 saturated carbocycles. The van der Waals surface area contributed by atoms with E-state index in [0.29, 0.717) is 24.3 Å². The standard InChI is InChI=1S/C23H25N3O5/c1-15-10-12-31-21(15)22(27)26-19(23(28)29)14-16-6-8-18(9-7-16)30-13-11-17-4-3-5-20(24-2)25-17/h3-10,12,19H,11,13-14H2,1-2H3,(H,24,25)(H,26,27)(H,28,29)/t19-/m0/s1. The first kappa shape index (κ1) is 21.9. The molecule has 162 valence electrons. The fourth-order valence-electron chi connectivity index (χ4n) is 3.02. The van der Waals surface area contributed by atoms with E-state index >= 15 is 0 Å². The summed E-state index contributed by atoms with van der Waals surface area (Å²) in [6.45, 7) is 2.19. The molecule has 0 unspecified atom stereocenters. The van der Waals surface area contributed by atoms with Crippen LogP contribution in [-0.4, -0.2) is 41.7 Å². The van der Waals surface area contributed by atoms with Crippen molar-refractivity contribution in [1.82, 2.24) is 10.3 Å². The smallest absolute Gasteiger partial charge is 0.326 e. The van der Waals surface area contributed by atoms with Gasteiger partial charge in [-0.15, -0.1) is 0 Å². The van der Waals surface area contributed by atoms with Crippen molar-refractivity contribution < 1.29 is 23.8 Å². The third-order valence-electron chi connectivity index (χ3n) is 4.72. The summed E-state index contributed by atoms with van der Waals surface area (Å²) in [4.78, 5) is 28.3. The summed E-state index contributed by atoms with van der Waals surface area (Å²) >= 11 is 0. The number of aliphatic carboxylic acids is 1. The lowest BCUT2D eigenvalue weighted by atomic mass is 10.1. The van der Waals surface area contributed by atoms with E-state index < -0.39 is 17.9 Å². The third kappa shape index (κ3) is 6.08. The first-order valence-electron chi connectivity index (χ1n) is 9.89. The van der Waals surface area contributed by atoms with Crippen molar-refractivity contribution in [2.75, 3.05) is 19.0 Å². The quantitative estimate of drug-likeness (QED) is 0.459. The van der Waals surface area contributed by atoms with Gasteiger partial charge in [-0.05, 0) is 42.8 Å². The largest absolute Gasteiger partial charge is 0.493 e. The van der Waals surface area contributed by atoms with Crippen LogP contribution in [-0.2, 0) is 17.6 Å². The Morgan fingerprint density at radius 3 is 2.58 bits per heavy atom. The molecule has 2 heterocycles. The number of anilines is 1. The van der Waals surface area contributed by atoms with E-state index in [2.05, 4.69) is 15.6 Å². The first-order valence-corrected chi connectivity index (χ1v) is 9.89. The number of carbonyl (C=O) groups excluding carboxylic acids is 1. The Kier molecular flexibility index (Phi) is 7.26. The van der Waals surface area contributed by atoms with E-state index in [1.165, 1.54) is 6.26 Å². The molecule has 3 aromatic rings. The summed E-state index contributed by atoms with van der Waals surface area (Å²) in [7, 11) is 1.82. The fraction of sp³-hybridized carbons (Fsp3) is 0.261. The van der Waals surface area contributed by atoms with Gasteiger partial charge in [-0.1, -0.05) is 18.2 Å². The molecule has 1 atom stereocenters. The van der Waals surface area contributed by atoms with Crippen LogP contribution in [0.15, 0.2) is 59.2 Å². The fourth-order valence-corrected chi connectivity index (χ4v) is 3.02. The maximum absolute atomic E-state index is 12.3. The normalized spacial score (nSPS) is 11.5. The SMILES string of the molecule is CNc1cccc(CCOc2ccc(C[C@H](NC(=O)c3occc3C)C(=O)O)cc2)n1. The van der Waals surface area contributed by atoms with Gasteiger partial charge in [0, 0.05) is 31.1 Å². The highest BCUT2D eigenvalue weighted by molar-refractivity contribution is 5.95. The number of nitrogens with one attached hydrogen (secondary N) is 2. The Morgan fingerprint density at radius 2 is 1.94 bits per heavy atom. The number of ether oxygens (including phenoxy) is 1. The van der Waals surface area contributed by atoms with Crippen LogP contribution < -0.4 is 15.4 Å². The van der Waals surface area contributed by atoms with Crippen LogP contribution in [0.3, 0.4) is 0 Å². The number of aromatic nitrogens is 1. The van der Waals surface area contributed by atoms with Crippen LogP contribution in [0, 0.1) is 6.92 Å². The molecule has 0 fully saturated rings. The number of aryl methyl sites for hydroxylation is 1. The maximum atomic E-state index is 12.3. The molecule has 3 rings (SSSR count). The van der Waals surface area contributed by atoms with Gasteiger partial charge in [0.25, 0.3) is 5.91 Å². The number of carbonyl (C=O) groups is 2. The zero-order chi connectivity index (χ0) is 22.2. The van der Waals surface area contributed by atoms with Crippen LogP contribution in [0.1, 0.15) is 27.4 Å². The second-order valence-electron chi connectivity index (χ2n) is 7.01. The summed E-state index contributed by atoms with van der Waals surface area (Å²) in [6, 6.07) is 13.5. The molecule has 8 heteroatoms. The molecule has 1 aromatic carbocycles. The Balaban J connectivity index is 1.53. The van der Waals surface area contributed by atoms with Crippen molar-refractivity contribution in [3.63, 3.8) is 0 Å². The second-order valence-corrected chi connectivity index (χ2v) is 7.01. The molecule has 3 N–H and O–H groups in total. The van der Waals surface area contributed by atoms with Gasteiger partial charge in [-0.2, -0.15) is 0 Å². The van der Waals surface area contributed by atoms with Crippen molar-refractivity contribution in [1.29, 1.82) is 0 Å². The highest BCUT2D eigenvalue weighted by Gasteiger charge is 2.23. The molecule has 2 aromatic heterocycles. The molecule has 0 saturated heterocycles. The molecule has 0 spiro atoms. The van der Waals surface area contributed by atoms with Crippen LogP contribution in [0.5, 0.6) is 5.75 Å². The predicted octanol–water partition coefficient (Wildman–Crippen LogP) is 3.07. The van der Waals surface area contributed by atoms with Crippen molar-refractivity contribution in [2.24, 2.45) is 0 Å². The Bertz CT molecular complexity index is 1030. The first-order chi connectivity index (χ1) is 15.0. The molecule has 0 bridgehead atoms. The molecule has 0 aliphatic rings. The molecule has 0 aliphatic heterocycles. The number of hydrogen-bond donors (Lipinski definition) is 3. The average molecular weight is 423 g/mol. The Hall–Kier alpha value is -3.81. The van der Waals surface area contributed by atoms with E-state index in [9.17, 15) is 14.7 Å². The van der Waals surface area contributed by atoms with Crippen LogP contribution in [0.4, 0.5) is 5.82 Å². The average Bonchev–Trinajstić information content (AvgIpc) is 3.20. The lowest BCUT2D eigenvalue weighted by Crippen LogP contribution is -2.42. The summed E-state index contributed by atoms with van der Waals surface area (Å²) in [5, 5.41) is 15.0. The zero-order valence-electron chi connectivity index (χ0n) is 17.4. The lowest BCUT2D eigenvalue weighted by Gasteiger charge is -2.14. The van der Waals surface area contributed by atoms with Gasteiger partial charge < -0.3 is 24.9 Å². The number of nitrogens with zero attached hydrogens (tertiary/aromatic N) is 1. The van der Waals surface area contributed by atoms with E-state index in [1.807, 2.05) is 25.2 Å². The molecule has 8 nitrogen and oxygen atoms in total. The minimum Gasteiger partial charge on any atom is -0.493 e. The van der Waals surface area contributed by atoms with Gasteiger partial charge in [0.1, 0.15) is 17.6 Å². The van der Waals surface area contributed by atoms with Gasteiger partial charge >= 0.3 is 5.97 Å². The van der Waals surface area contributed by atoms with E-state index in [0.717, 1.165) is 17.1 Å². The number of carboxylic acid groups (broad SMARTS) is 1. The molecule has 0 radical (unpaired) electrons. The minimum atomic E-state index is -1.12. The van der Waals surface area contributed by atoms with E-state index in [1.54, 1.807) is 37.3 Å². The predicted molar refractivity (Wildman–Crippen MR) is 115 cm³/mol. The summed E-state index contributed by atoms with van der Waals surface area (Å²) < 4.78 is 10.9. The number of hydrogen-bond acceptors (Lipinski definition) is 6. The van der Waals surface area contributed by atoms with Crippen LogP contribution in [0.25, 0.3) is 0 Å². The zero-order valence-corrected chi connectivity index (χ0v) is 17.4. The third-order valence-corrected chi connectivity index (χ3v) is 4.72.